The molecule has 1 aliphatic carbocycles. The van der Waals surface area contributed by atoms with Crippen LogP contribution >= 0.6 is 0 Å². The number of carboxylic acid groups (broad SMARTS) is 1. The van der Waals surface area contributed by atoms with Gasteiger partial charge in [0.2, 0.25) is 5.91 Å². The Labute approximate surface area is 138 Å². The van der Waals surface area contributed by atoms with Gasteiger partial charge < -0.3 is 10.4 Å². The molecule has 3 atom stereocenters. The van der Waals surface area contributed by atoms with Gasteiger partial charge >= 0.3 is 5.97 Å². The van der Waals surface area contributed by atoms with Gasteiger partial charge in [-0.15, -0.1) is 0 Å². The third-order valence-electron chi connectivity index (χ3n) is 4.81. The molecule has 0 spiro atoms. The lowest BCUT2D eigenvalue weighted by atomic mass is 9.94. The molecular weight excluding hydrogens is 290 g/mol. The fourth-order valence-electron chi connectivity index (χ4n) is 3.23. The van der Waals surface area contributed by atoms with Crippen LogP contribution in [0.4, 0.5) is 0 Å². The number of hydrogen-bond acceptors (Lipinski definition) is 2. The summed E-state index contributed by atoms with van der Waals surface area (Å²) in [6.45, 7) is 6.38. The molecule has 1 aliphatic rings. The van der Waals surface area contributed by atoms with Crippen molar-refractivity contribution in [3.05, 3.63) is 35.4 Å². The van der Waals surface area contributed by atoms with Crippen molar-refractivity contribution < 1.29 is 14.7 Å². The second-order valence-corrected chi connectivity index (χ2v) is 7.04. The number of carboxylic acids is 1. The molecule has 2 N–H and O–H groups in total. The molecule has 1 aromatic carbocycles. The number of hydrogen-bond donors (Lipinski definition) is 2. The fraction of sp³-hybridized carbons (Fsp3) is 0.579. The number of rotatable bonds is 6. The van der Waals surface area contributed by atoms with E-state index in [-0.39, 0.29) is 23.8 Å². The first-order chi connectivity index (χ1) is 10.9. The topological polar surface area (TPSA) is 66.4 Å². The first-order valence-corrected chi connectivity index (χ1v) is 8.48. The van der Waals surface area contributed by atoms with E-state index in [0.717, 1.165) is 6.42 Å². The standard InChI is InChI=1S/C19H27NO3/c1-12(2)14-4-6-15(7-5-14)13(3)10-18(21)20-17-9-8-16(11-17)19(22)23/h4-7,12-13,16-17H,8-11H2,1-3H3,(H,20,21)(H,22,23)/t13?,16-,17+/m0/s1. The van der Waals surface area contributed by atoms with E-state index in [9.17, 15) is 9.59 Å². The van der Waals surface area contributed by atoms with Crippen molar-refractivity contribution in [2.75, 3.05) is 0 Å². The van der Waals surface area contributed by atoms with Crippen LogP contribution < -0.4 is 5.32 Å². The van der Waals surface area contributed by atoms with Gasteiger partial charge in [-0.2, -0.15) is 0 Å². The number of amides is 1. The van der Waals surface area contributed by atoms with Crippen LogP contribution in [0.25, 0.3) is 0 Å². The molecule has 0 aliphatic heterocycles. The SMILES string of the molecule is CC(C)c1ccc(C(C)CC(=O)N[C@@H]2CC[C@H](C(=O)O)C2)cc1. The summed E-state index contributed by atoms with van der Waals surface area (Å²) in [5.74, 6) is -0.372. The van der Waals surface area contributed by atoms with Crippen molar-refractivity contribution in [2.24, 2.45) is 5.92 Å². The highest BCUT2D eigenvalue weighted by Crippen LogP contribution is 2.26. The van der Waals surface area contributed by atoms with Crippen LogP contribution in [0.3, 0.4) is 0 Å². The predicted octanol–water partition coefficient (Wildman–Crippen LogP) is 3.67. The zero-order valence-corrected chi connectivity index (χ0v) is 14.2. The van der Waals surface area contributed by atoms with E-state index in [1.54, 1.807) is 0 Å². The van der Waals surface area contributed by atoms with E-state index in [1.807, 2.05) is 0 Å². The average Bonchev–Trinajstić information content (AvgIpc) is 2.95. The van der Waals surface area contributed by atoms with Crippen molar-refractivity contribution in [3.8, 4) is 0 Å². The first kappa shape index (κ1) is 17.5. The van der Waals surface area contributed by atoms with Crippen LogP contribution in [0.15, 0.2) is 24.3 Å². The summed E-state index contributed by atoms with van der Waals surface area (Å²) in [7, 11) is 0. The van der Waals surface area contributed by atoms with Crippen LogP contribution in [-0.2, 0) is 9.59 Å². The number of aliphatic carboxylic acids is 1. The lowest BCUT2D eigenvalue weighted by Crippen LogP contribution is -2.33. The van der Waals surface area contributed by atoms with E-state index in [2.05, 4.69) is 50.4 Å². The second-order valence-electron chi connectivity index (χ2n) is 7.04. The van der Waals surface area contributed by atoms with Crippen molar-refractivity contribution in [1.29, 1.82) is 0 Å². The third-order valence-corrected chi connectivity index (χ3v) is 4.81. The minimum absolute atomic E-state index is 0.0131. The molecule has 126 valence electrons. The molecule has 0 radical (unpaired) electrons. The molecule has 23 heavy (non-hydrogen) atoms. The lowest BCUT2D eigenvalue weighted by molar-refractivity contribution is -0.141. The summed E-state index contributed by atoms with van der Waals surface area (Å²) in [5, 5.41) is 12.0. The molecule has 0 bridgehead atoms. The molecule has 1 amide bonds. The molecular formula is C19H27NO3. The van der Waals surface area contributed by atoms with Crippen LogP contribution in [-0.4, -0.2) is 23.0 Å². The largest absolute Gasteiger partial charge is 0.481 e. The number of carbonyl (C=O) groups is 2. The summed E-state index contributed by atoms with van der Waals surface area (Å²) in [5.41, 5.74) is 2.47. The van der Waals surface area contributed by atoms with Crippen molar-refractivity contribution in [3.63, 3.8) is 0 Å². The third kappa shape index (κ3) is 4.81. The Bertz CT molecular complexity index is 550. The number of nitrogens with one attached hydrogen (secondary N) is 1. The Morgan fingerprint density at radius 2 is 1.74 bits per heavy atom. The van der Waals surface area contributed by atoms with Gasteiger partial charge in [0.1, 0.15) is 0 Å². The van der Waals surface area contributed by atoms with Crippen LogP contribution in [0, 0.1) is 5.92 Å². The number of carbonyl (C=O) groups excluding carboxylic acids is 1. The molecule has 4 nitrogen and oxygen atoms in total. The Kier molecular flexibility index (Phi) is 5.80. The highest BCUT2D eigenvalue weighted by Gasteiger charge is 2.30. The summed E-state index contributed by atoms with van der Waals surface area (Å²) in [6, 6.07) is 8.47. The molecule has 1 fully saturated rings. The van der Waals surface area contributed by atoms with Gasteiger partial charge in [-0.3, -0.25) is 9.59 Å². The maximum absolute atomic E-state index is 12.2. The van der Waals surface area contributed by atoms with Crippen LogP contribution in [0.1, 0.15) is 69.4 Å². The van der Waals surface area contributed by atoms with Gasteiger partial charge in [0, 0.05) is 12.5 Å². The smallest absolute Gasteiger partial charge is 0.306 e. The predicted molar refractivity (Wildman–Crippen MR) is 90.5 cm³/mol. The Balaban J connectivity index is 1.84. The van der Waals surface area contributed by atoms with Gasteiger partial charge in [-0.25, -0.2) is 0 Å². The van der Waals surface area contributed by atoms with Gasteiger partial charge in [0.05, 0.1) is 5.92 Å². The van der Waals surface area contributed by atoms with Crippen LogP contribution in [0.5, 0.6) is 0 Å². The van der Waals surface area contributed by atoms with Gasteiger partial charge in [0.25, 0.3) is 0 Å². The summed E-state index contributed by atoms with van der Waals surface area (Å²) in [4.78, 5) is 23.1. The van der Waals surface area contributed by atoms with Gasteiger partial charge in [0.15, 0.2) is 0 Å². The van der Waals surface area contributed by atoms with Crippen LogP contribution in [0.2, 0.25) is 0 Å². The second kappa shape index (κ2) is 7.62. The summed E-state index contributed by atoms with van der Waals surface area (Å²) in [6.07, 6.45) is 2.42. The number of benzene rings is 1. The molecule has 1 aromatic rings. The maximum Gasteiger partial charge on any atom is 0.306 e. The summed E-state index contributed by atoms with van der Waals surface area (Å²) < 4.78 is 0. The zero-order valence-electron chi connectivity index (χ0n) is 14.2. The van der Waals surface area contributed by atoms with Crippen molar-refractivity contribution in [1.82, 2.24) is 5.32 Å². The van der Waals surface area contributed by atoms with E-state index in [0.29, 0.717) is 25.2 Å². The van der Waals surface area contributed by atoms with Crippen molar-refractivity contribution in [2.45, 2.75) is 64.3 Å². The van der Waals surface area contributed by atoms with E-state index < -0.39 is 5.97 Å². The molecule has 1 saturated carbocycles. The maximum atomic E-state index is 12.2. The molecule has 2 rings (SSSR count). The van der Waals surface area contributed by atoms with Gasteiger partial charge in [-0.1, -0.05) is 45.0 Å². The Hall–Kier alpha value is -1.84. The summed E-state index contributed by atoms with van der Waals surface area (Å²) >= 11 is 0. The first-order valence-electron chi connectivity index (χ1n) is 8.48. The highest BCUT2D eigenvalue weighted by molar-refractivity contribution is 5.77. The molecule has 0 heterocycles. The Morgan fingerprint density at radius 1 is 1.13 bits per heavy atom. The van der Waals surface area contributed by atoms with E-state index in [4.69, 9.17) is 5.11 Å². The fourth-order valence-corrected chi connectivity index (χ4v) is 3.23. The monoisotopic (exact) mass is 317 g/mol. The van der Waals surface area contributed by atoms with E-state index >= 15 is 0 Å². The zero-order chi connectivity index (χ0) is 17.0. The molecule has 4 heteroatoms. The minimum Gasteiger partial charge on any atom is -0.481 e. The van der Waals surface area contributed by atoms with E-state index in [1.165, 1.54) is 11.1 Å². The lowest BCUT2D eigenvalue weighted by Gasteiger charge is -2.16. The molecule has 0 saturated heterocycles. The van der Waals surface area contributed by atoms with Crippen molar-refractivity contribution >= 4 is 11.9 Å². The Morgan fingerprint density at radius 3 is 2.26 bits per heavy atom. The van der Waals surface area contributed by atoms with Gasteiger partial charge in [-0.05, 0) is 42.2 Å². The normalized spacial score (nSPS) is 22.1. The quantitative estimate of drug-likeness (QED) is 0.841. The minimum atomic E-state index is -0.750. The molecule has 1 unspecified atom stereocenters. The average molecular weight is 317 g/mol. The molecule has 0 aromatic heterocycles. The highest BCUT2D eigenvalue weighted by atomic mass is 16.4.